The highest BCUT2D eigenvalue weighted by Crippen LogP contribution is 2.38. The normalized spacial score (nSPS) is 10.3. The molecule has 3 rings (SSSR count). The third-order valence-electron chi connectivity index (χ3n) is 4.45. The number of nitrogens with two attached hydrogens (primary N) is 2. The van der Waals surface area contributed by atoms with E-state index in [9.17, 15) is 22.8 Å². The SMILES string of the molecule is COC(=O)c1nc(-c2ccc(Cl)c(OC)c2F)c(F)c(N)c1Cl.COC(=O)c1nc(Cl)c(F)c(N)c1Cl. The standard InChI is InChI=1S/C14H10Cl2F2N2O3.C7H5Cl2FN2O2/c1-22-13-6(15)4-3-5(8(13)17)11-9(18)10(19)7(16)12(20-11)14(21)23-2;1-14-7(13)5-2(8)4(11)3(10)6(9)12-5/h3-4H,1-2H3,(H2,19,20);1H3,(H2,11,12). The summed E-state index contributed by atoms with van der Waals surface area (Å²) in [6, 6.07) is 2.47. The molecular weight excluding hydrogens is 587 g/mol. The molecule has 0 fully saturated rings. The molecule has 16 heteroatoms. The summed E-state index contributed by atoms with van der Waals surface area (Å²) in [5.41, 5.74) is 8.24. The fraction of sp³-hybridized carbons (Fsp3) is 0.143. The molecule has 0 aliphatic rings. The van der Waals surface area contributed by atoms with Gasteiger partial charge in [-0.1, -0.05) is 46.4 Å². The predicted octanol–water partition coefficient (Wildman–Crippen LogP) is 5.61. The lowest BCUT2D eigenvalue weighted by molar-refractivity contribution is 0.0585. The number of pyridine rings is 2. The summed E-state index contributed by atoms with van der Waals surface area (Å²) in [4.78, 5) is 29.8. The van der Waals surface area contributed by atoms with Crippen LogP contribution in [0.2, 0.25) is 20.2 Å². The molecule has 0 aliphatic carbocycles. The van der Waals surface area contributed by atoms with Gasteiger partial charge in [0.2, 0.25) is 0 Å². The number of anilines is 2. The van der Waals surface area contributed by atoms with Gasteiger partial charge in [-0.25, -0.2) is 32.7 Å². The van der Waals surface area contributed by atoms with Crippen LogP contribution in [0.3, 0.4) is 0 Å². The number of carbonyl (C=O) groups excluding carboxylic acids is 2. The summed E-state index contributed by atoms with van der Waals surface area (Å²) in [5.74, 6) is -5.05. The summed E-state index contributed by atoms with van der Waals surface area (Å²) < 4.78 is 55.4. The Kier molecular flexibility index (Phi) is 10.0. The highest BCUT2D eigenvalue weighted by atomic mass is 35.5. The molecule has 0 aliphatic heterocycles. The number of benzene rings is 1. The van der Waals surface area contributed by atoms with Crippen LogP contribution in [0.15, 0.2) is 12.1 Å². The number of hydrogen-bond donors (Lipinski definition) is 2. The molecular formula is C21H15Cl4F3N4O5. The quantitative estimate of drug-likeness (QED) is 0.288. The summed E-state index contributed by atoms with van der Waals surface area (Å²) in [5, 5.41) is -1.25. The van der Waals surface area contributed by atoms with Gasteiger partial charge in [-0.2, -0.15) is 0 Å². The van der Waals surface area contributed by atoms with Gasteiger partial charge in [-0.3, -0.25) is 0 Å². The second-order valence-corrected chi connectivity index (χ2v) is 8.09. The first-order valence-electron chi connectivity index (χ1n) is 9.45. The number of rotatable bonds is 4. The Labute approximate surface area is 227 Å². The van der Waals surface area contributed by atoms with Crippen molar-refractivity contribution >= 4 is 69.7 Å². The van der Waals surface area contributed by atoms with Crippen molar-refractivity contribution in [1.82, 2.24) is 9.97 Å². The highest BCUT2D eigenvalue weighted by Gasteiger charge is 2.26. The Bertz CT molecular complexity index is 1400. The number of carbonyl (C=O) groups is 2. The molecule has 0 saturated carbocycles. The average Bonchev–Trinajstić information content (AvgIpc) is 2.88. The van der Waals surface area contributed by atoms with Gasteiger partial charge in [0.25, 0.3) is 0 Å². The zero-order valence-electron chi connectivity index (χ0n) is 18.9. The number of nitrogen functional groups attached to an aromatic ring is 2. The molecule has 0 bridgehead atoms. The van der Waals surface area contributed by atoms with Crippen LogP contribution in [0.4, 0.5) is 24.5 Å². The highest BCUT2D eigenvalue weighted by molar-refractivity contribution is 6.37. The second-order valence-electron chi connectivity index (χ2n) is 6.57. The van der Waals surface area contributed by atoms with Crippen LogP contribution >= 0.6 is 46.4 Å². The van der Waals surface area contributed by atoms with Gasteiger partial charge < -0.3 is 25.7 Å². The number of aromatic nitrogens is 2. The van der Waals surface area contributed by atoms with Crippen molar-refractivity contribution in [1.29, 1.82) is 0 Å². The molecule has 0 atom stereocenters. The van der Waals surface area contributed by atoms with E-state index >= 15 is 0 Å². The van der Waals surface area contributed by atoms with Crippen LogP contribution < -0.4 is 16.2 Å². The summed E-state index contributed by atoms with van der Waals surface area (Å²) in [7, 11) is 3.42. The van der Waals surface area contributed by atoms with Crippen molar-refractivity contribution < 1.29 is 37.0 Å². The number of methoxy groups -OCH3 is 3. The van der Waals surface area contributed by atoms with Gasteiger partial charge in [-0.15, -0.1) is 0 Å². The lowest BCUT2D eigenvalue weighted by Crippen LogP contribution is -2.11. The minimum atomic E-state index is -1.08. The monoisotopic (exact) mass is 600 g/mol. The molecule has 0 radical (unpaired) electrons. The van der Waals surface area contributed by atoms with Gasteiger partial charge >= 0.3 is 11.9 Å². The van der Waals surface area contributed by atoms with E-state index in [1.54, 1.807) is 0 Å². The number of hydrogen-bond acceptors (Lipinski definition) is 9. The van der Waals surface area contributed by atoms with Gasteiger partial charge in [-0.05, 0) is 12.1 Å². The Morgan fingerprint density at radius 1 is 0.784 bits per heavy atom. The Hall–Kier alpha value is -3.19. The van der Waals surface area contributed by atoms with Crippen LogP contribution in [-0.2, 0) is 9.47 Å². The summed E-state index contributed by atoms with van der Waals surface area (Å²) in [6.07, 6.45) is 0. The van der Waals surface area contributed by atoms with Crippen LogP contribution in [0.25, 0.3) is 11.3 Å². The first-order valence-corrected chi connectivity index (χ1v) is 11.0. The number of esters is 2. The second kappa shape index (κ2) is 12.4. The summed E-state index contributed by atoms with van der Waals surface area (Å²) >= 11 is 22.5. The number of ether oxygens (including phenoxy) is 3. The van der Waals surface area contributed by atoms with Crippen LogP contribution in [0, 0.1) is 17.5 Å². The van der Waals surface area contributed by atoms with E-state index in [0.29, 0.717) is 0 Å². The average molecular weight is 602 g/mol. The molecule has 2 aromatic heterocycles. The van der Waals surface area contributed by atoms with E-state index < -0.39 is 62.3 Å². The zero-order valence-corrected chi connectivity index (χ0v) is 21.9. The van der Waals surface area contributed by atoms with Crippen LogP contribution in [-0.4, -0.2) is 43.2 Å². The molecule has 1 aromatic carbocycles. The third kappa shape index (κ3) is 6.04. The minimum Gasteiger partial charge on any atom is -0.492 e. The van der Waals surface area contributed by atoms with Crippen molar-refractivity contribution in [3.63, 3.8) is 0 Å². The molecule has 0 saturated heterocycles. The lowest BCUT2D eigenvalue weighted by atomic mass is 10.1. The molecule has 0 unspecified atom stereocenters. The van der Waals surface area contributed by atoms with Crippen molar-refractivity contribution in [3.05, 3.63) is 61.2 Å². The van der Waals surface area contributed by atoms with Crippen LogP contribution in [0.1, 0.15) is 21.0 Å². The molecule has 4 N–H and O–H groups in total. The van der Waals surface area contributed by atoms with Crippen molar-refractivity contribution in [2.75, 3.05) is 32.8 Å². The fourth-order valence-corrected chi connectivity index (χ4v) is 3.45. The maximum Gasteiger partial charge on any atom is 0.358 e. The number of nitrogens with zero attached hydrogens (tertiary/aromatic N) is 2. The Morgan fingerprint density at radius 2 is 1.27 bits per heavy atom. The summed E-state index contributed by atoms with van der Waals surface area (Å²) in [6.45, 7) is 0. The molecule has 0 spiro atoms. The molecule has 0 amide bonds. The van der Waals surface area contributed by atoms with Gasteiger partial charge in [0.15, 0.2) is 39.7 Å². The Morgan fingerprint density at radius 3 is 1.76 bits per heavy atom. The zero-order chi connectivity index (χ0) is 28.2. The molecule has 37 heavy (non-hydrogen) atoms. The molecule has 198 valence electrons. The topological polar surface area (TPSA) is 140 Å². The van der Waals surface area contributed by atoms with Gasteiger partial charge in [0.1, 0.15) is 5.69 Å². The van der Waals surface area contributed by atoms with Crippen molar-refractivity contribution in [2.45, 2.75) is 0 Å². The fourth-order valence-electron chi connectivity index (χ4n) is 2.64. The number of halogens is 7. The van der Waals surface area contributed by atoms with E-state index in [1.807, 2.05) is 0 Å². The lowest BCUT2D eigenvalue weighted by Gasteiger charge is -2.13. The van der Waals surface area contributed by atoms with E-state index in [0.717, 1.165) is 14.2 Å². The Balaban J connectivity index is 0.000000294. The van der Waals surface area contributed by atoms with Crippen molar-refractivity contribution in [2.24, 2.45) is 0 Å². The van der Waals surface area contributed by atoms with E-state index in [4.69, 9.17) is 62.6 Å². The third-order valence-corrected chi connectivity index (χ3v) is 5.76. The molecule has 2 heterocycles. The first kappa shape index (κ1) is 30.0. The molecule has 3 aromatic rings. The maximum atomic E-state index is 14.4. The minimum absolute atomic E-state index is 0.00992. The smallest absolute Gasteiger partial charge is 0.358 e. The predicted molar refractivity (Wildman–Crippen MR) is 132 cm³/mol. The van der Waals surface area contributed by atoms with E-state index in [-0.39, 0.29) is 27.1 Å². The molecule has 9 nitrogen and oxygen atoms in total. The van der Waals surface area contributed by atoms with Crippen LogP contribution in [0.5, 0.6) is 5.75 Å². The maximum absolute atomic E-state index is 14.4. The van der Waals surface area contributed by atoms with Gasteiger partial charge in [0.05, 0.1) is 47.8 Å². The van der Waals surface area contributed by atoms with E-state index in [2.05, 4.69) is 19.4 Å². The van der Waals surface area contributed by atoms with Crippen molar-refractivity contribution in [3.8, 4) is 17.0 Å². The van der Waals surface area contributed by atoms with E-state index in [1.165, 1.54) is 19.2 Å². The first-order chi connectivity index (χ1) is 17.3. The largest absolute Gasteiger partial charge is 0.492 e. The van der Waals surface area contributed by atoms with Gasteiger partial charge in [0, 0.05) is 5.56 Å².